The number of rotatable bonds is 12. The summed E-state index contributed by atoms with van der Waals surface area (Å²) in [4.78, 5) is 0. The number of sulfonamides is 1. The van der Waals surface area contributed by atoms with Crippen molar-refractivity contribution in [2.75, 3.05) is 13.1 Å². The van der Waals surface area contributed by atoms with Crippen LogP contribution in [0.2, 0.25) is 0 Å². The third-order valence-corrected chi connectivity index (χ3v) is 5.46. The minimum absolute atomic E-state index is 0.387. The lowest BCUT2D eigenvalue weighted by atomic mass is 10.2. The normalized spacial score (nSPS) is 12.3. The molecule has 0 aromatic rings. The van der Waals surface area contributed by atoms with Crippen molar-refractivity contribution in [1.82, 2.24) is 4.31 Å². The third-order valence-electron chi connectivity index (χ3n) is 3.38. The first-order valence-electron chi connectivity index (χ1n) is 7.63. The molecule has 0 N–H and O–H groups in total. The van der Waals surface area contributed by atoms with Crippen molar-refractivity contribution in [2.24, 2.45) is 0 Å². The molecule has 0 rings (SSSR count). The first kappa shape index (κ1) is 20.4. The molecule has 0 aromatic heterocycles. The maximum atomic E-state index is 12.3. The van der Waals surface area contributed by atoms with E-state index in [4.69, 9.17) is 15.8 Å². The molecule has 0 bridgehead atoms. The average Bonchev–Trinajstić information content (AvgIpc) is 2.51. The summed E-state index contributed by atoms with van der Waals surface area (Å²) in [5.41, 5.74) is 0. The van der Waals surface area contributed by atoms with Gasteiger partial charge in [-0.3, -0.25) is 0 Å². The lowest BCUT2D eigenvalue weighted by Gasteiger charge is -2.23. The van der Waals surface area contributed by atoms with E-state index in [9.17, 15) is 8.42 Å². The molecule has 0 heterocycles. The molecule has 0 aromatic carbocycles. The van der Waals surface area contributed by atoms with Crippen molar-refractivity contribution in [3.63, 3.8) is 0 Å². The average molecular weight is 324 g/mol. The van der Waals surface area contributed by atoms with E-state index < -0.39 is 15.3 Å². The highest BCUT2D eigenvalue weighted by Crippen LogP contribution is 2.13. The Morgan fingerprint density at radius 2 is 1.32 bits per heavy atom. The summed E-state index contributed by atoms with van der Waals surface area (Å²) in [6.45, 7) is 2.17. The lowest BCUT2D eigenvalue weighted by Crippen LogP contribution is -2.38. The summed E-state index contributed by atoms with van der Waals surface area (Å²) >= 11 is 0. The molecule has 1 atom stereocenters. The molecule has 0 aliphatic carbocycles. The van der Waals surface area contributed by atoms with Gasteiger partial charge in [0, 0.05) is 25.9 Å². The Bertz CT molecular complexity index is 501. The van der Waals surface area contributed by atoms with Crippen LogP contribution in [0.4, 0.5) is 0 Å². The van der Waals surface area contributed by atoms with Gasteiger partial charge in [0.1, 0.15) is 0 Å². The van der Waals surface area contributed by atoms with E-state index in [1.165, 1.54) is 11.2 Å². The van der Waals surface area contributed by atoms with Gasteiger partial charge in [0.2, 0.25) is 10.0 Å². The van der Waals surface area contributed by atoms with Crippen molar-refractivity contribution in [2.45, 2.75) is 63.5 Å². The number of hydrogen-bond acceptors (Lipinski definition) is 5. The summed E-state index contributed by atoms with van der Waals surface area (Å²) < 4.78 is 26.0. The number of nitriles is 3. The highest BCUT2D eigenvalue weighted by atomic mass is 32.2. The molecule has 6 nitrogen and oxygen atoms in total. The molecule has 0 saturated carbocycles. The van der Waals surface area contributed by atoms with E-state index in [1.54, 1.807) is 6.07 Å². The van der Waals surface area contributed by atoms with Crippen LogP contribution >= 0.6 is 0 Å². The van der Waals surface area contributed by atoms with Crippen LogP contribution in [0, 0.1) is 34.0 Å². The Labute approximate surface area is 134 Å². The topological polar surface area (TPSA) is 109 Å². The van der Waals surface area contributed by atoms with Crippen LogP contribution in [0.1, 0.15) is 58.3 Å². The fourth-order valence-corrected chi connectivity index (χ4v) is 3.34. The second-order valence-corrected chi connectivity index (χ2v) is 7.41. The summed E-state index contributed by atoms with van der Waals surface area (Å²) in [7, 11) is -3.59. The minimum atomic E-state index is -3.59. The number of nitrogens with zero attached hydrogens (tertiary/aromatic N) is 4. The molecule has 0 spiro atoms. The molecule has 0 saturated heterocycles. The highest BCUT2D eigenvalue weighted by Gasteiger charge is 2.27. The second-order valence-electron chi connectivity index (χ2n) is 5.15. The van der Waals surface area contributed by atoms with E-state index in [1.807, 2.05) is 0 Å². The van der Waals surface area contributed by atoms with E-state index in [2.05, 4.69) is 12.1 Å². The summed E-state index contributed by atoms with van der Waals surface area (Å²) in [5, 5.41) is 24.8. The zero-order valence-corrected chi connectivity index (χ0v) is 14.0. The maximum Gasteiger partial charge on any atom is 0.230 e. The molecule has 0 amide bonds. The van der Waals surface area contributed by atoms with Gasteiger partial charge in [-0.1, -0.05) is 12.8 Å². The molecule has 0 aliphatic heterocycles. The summed E-state index contributed by atoms with van der Waals surface area (Å²) in [6.07, 6.45) is 5.48. The molecular weight excluding hydrogens is 300 g/mol. The number of unbranched alkanes of at least 4 members (excludes halogenated alkanes) is 6. The quantitative estimate of drug-likeness (QED) is 0.513. The Balaban J connectivity index is 4.48. The van der Waals surface area contributed by atoms with E-state index >= 15 is 0 Å². The van der Waals surface area contributed by atoms with Gasteiger partial charge in [-0.15, -0.1) is 0 Å². The van der Waals surface area contributed by atoms with Crippen LogP contribution in [0.3, 0.4) is 0 Å². The van der Waals surface area contributed by atoms with Gasteiger partial charge in [-0.25, -0.2) is 12.7 Å². The molecule has 1 unspecified atom stereocenters. The Kier molecular flexibility index (Phi) is 11.1. The predicted octanol–water partition coefficient (Wildman–Crippen LogP) is 2.70. The lowest BCUT2D eigenvalue weighted by molar-refractivity contribution is 0.385. The number of hydrogen-bond donors (Lipinski definition) is 0. The monoisotopic (exact) mass is 324 g/mol. The summed E-state index contributed by atoms with van der Waals surface area (Å²) in [6, 6.07) is 5.92. The predicted molar refractivity (Wildman–Crippen MR) is 83.7 cm³/mol. The van der Waals surface area contributed by atoms with Crippen molar-refractivity contribution < 1.29 is 8.42 Å². The van der Waals surface area contributed by atoms with Crippen LogP contribution in [0.15, 0.2) is 0 Å². The van der Waals surface area contributed by atoms with Gasteiger partial charge >= 0.3 is 0 Å². The molecule has 0 fully saturated rings. The van der Waals surface area contributed by atoms with Gasteiger partial charge in [0.15, 0.2) is 5.25 Å². The Hall–Kier alpha value is -1.62. The minimum Gasteiger partial charge on any atom is -0.211 e. The fraction of sp³-hybridized carbons (Fsp3) is 0.800. The van der Waals surface area contributed by atoms with Crippen molar-refractivity contribution in [1.29, 1.82) is 15.8 Å². The van der Waals surface area contributed by atoms with Crippen LogP contribution in [-0.4, -0.2) is 31.1 Å². The largest absolute Gasteiger partial charge is 0.230 e. The SMILES string of the molecule is CC(C#N)S(=O)(=O)N(CCCCCC#N)CCCCCC#N. The third kappa shape index (κ3) is 7.98. The van der Waals surface area contributed by atoms with Gasteiger partial charge in [-0.2, -0.15) is 15.8 Å². The Morgan fingerprint density at radius 3 is 1.68 bits per heavy atom. The summed E-state index contributed by atoms with van der Waals surface area (Å²) in [5.74, 6) is 0. The molecule has 7 heteroatoms. The standard InChI is InChI=1S/C15H24N4O2S/c1-15(14-18)22(20,21)19(12-8-4-2-6-10-16)13-9-5-3-7-11-17/h15H,2-9,12-13H2,1H3. The molecule has 122 valence electrons. The van der Waals surface area contributed by atoms with Crippen LogP contribution < -0.4 is 0 Å². The van der Waals surface area contributed by atoms with E-state index in [0.717, 1.165) is 25.7 Å². The van der Waals surface area contributed by atoms with Gasteiger partial charge < -0.3 is 0 Å². The molecule has 0 aliphatic rings. The first-order valence-corrected chi connectivity index (χ1v) is 9.13. The molecule has 0 radical (unpaired) electrons. The van der Waals surface area contributed by atoms with Crippen molar-refractivity contribution >= 4 is 10.0 Å². The first-order chi connectivity index (χ1) is 10.5. The van der Waals surface area contributed by atoms with Gasteiger partial charge in [-0.05, 0) is 32.6 Å². The smallest absolute Gasteiger partial charge is 0.211 e. The van der Waals surface area contributed by atoms with Crippen LogP contribution in [0.25, 0.3) is 0 Å². The van der Waals surface area contributed by atoms with Gasteiger partial charge in [0.25, 0.3) is 0 Å². The van der Waals surface area contributed by atoms with Crippen LogP contribution in [-0.2, 0) is 10.0 Å². The fourth-order valence-electron chi connectivity index (χ4n) is 1.99. The highest BCUT2D eigenvalue weighted by molar-refractivity contribution is 7.89. The van der Waals surface area contributed by atoms with E-state index in [0.29, 0.717) is 38.8 Å². The van der Waals surface area contributed by atoms with Crippen molar-refractivity contribution in [3.05, 3.63) is 0 Å². The van der Waals surface area contributed by atoms with Crippen molar-refractivity contribution in [3.8, 4) is 18.2 Å². The molecule has 22 heavy (non-hydrogen) atoms. The van der Waals surface area contributed by atoms with E-state index in [-0.39, 0.29) is 0 Å². The maximum absolute atomic E-state index is 12.3. The zero-order valence-electron chi connectivity index (χ0n) is 13.2. The zero-order chi connectivity index (χ0) is 16.8. The molecular formula is C15H24N4O2S. The van der Waals surface area contributed by atoms with Gasteiger partial charge in [0.05, 0.1) is 18.2 Å². The second kappa shape index (κ2) is 12.0. The van der Waals surface area contributed by atoms with Crippen LogP contribution in [0.5, 0.6) is 0 Å². The Morgan fingerprint density at radius 1 is 0.864 bits per heavy atom.